The number of rotatable bonds is 2. The zero-order valence-electron chi connectivity index (χ0n) is 8.46. The monoisotopic (exact) mass is 220 g/mol. The Morgan fingerprint density at radius 3 is 2.73 bits per heavy atom. The van der Waals surface area contributed by atoms with Crippen LogP contribution in [0.3, 0.4) is 0 Å². The average molecular weight is 221 g/mol. The van der Waals surface area contributed by atoms with Crippen LogP contribution < -0.4 is 5.32 Å². The van der Waals surface area contributed by atoms with Gasteiger partial charge in [-0.25, -0.2) is 0 Å². The van der Waals surface area contributed by atoms with Gasteiger partial charge in [0.2, 0.25) is 0 Å². The van der Waals surface area contributed by atoms with Gasteiger partial charge in [0.25, 0.3) is 0 Å². The number of hydrogen-bond acceptors (Lipinski definition) is 2. The number of benzene rings is 1. The molecular formula is C12H13ClN2. The third-order valence-electron chi connectivity index (χ3n) is 2.81. The van der Waals surface area contributed by atoms with Crippen LogP contribution in [0.2, 0.25) is 5.02 Å². The van der Waals surface area contributed by atoms with Crippen LogP contribution in [-0.2, 0) is 0 Å². The minimum atomic E-state index is 0.524. The summed E-state index contributed by atoms with van der Waals surface area (Å²) in [6.45, 7) is 0. The van der Waals surface area contributed by atoms with Crippen LogP contribution in [0.25, 0.3) is 0 Å². The molecule has 1 aromatic carbocycles. The first-order chi connectivity index (χ1) is 7.29. The van der Waals surface area contributed by atoms with E-state index in [0.29, 0.717) is 16.6 Å². The fourth-order valence-corrected chi connectivity index (χ4v) is 2.17. The molecule has 0 saturated heterocycles. The van der Waals surface area contributed by atoms with Crippen molar-refractivity contribution in [2.24, 2.45) is 0 Å². The summed E-state index contributed by atoms with van der Waals surface area (Å²) < 4.78 is 0. The Morgan fingerprint density at radius 1 is 1.33 bits per heavy atom. The van der Waals surface area contributed by atoms with E-state index in [0.717, 1.165) is 5.69 Å². The van der Waals surface area contributed by atoms with Crippen molar-refractivity contribution in [2.75, 3.05) is 5.32 Å². The highest BCUT2D eigenvalue weighted by Gasteiger charge is 2.15. The summed E-state index contributed by atoms with van der Waals surface area (Å²) in [5.41, 5.74) is 1.54. The van der Waals surface area contributed by atoms with Crippen LogP contribution in [0.5, 0.6) is 0 Å². The van der Waals surface area contributed by atoms with E-state index in [2.05, 4.69) is 11.4 Å². The lowest BCUT2D eigenvalue weighted by atomic mass is 10.2. The molecule has 1 fully saturated rings. The molecule has 0 radical (unpaired) electrons. The summed E-state index contributed by atoms with van der Waals surface area (Å²) in [6.07, 6.45) is 4.97. The van der Waals surface area contributed by atoms with Crippen LogP contribution >= 0.6 is 11.6 Å². The number of anilines is 1. The van der Waals surface area contributed by atoms with Gasteiger partial charge in [0, 0.05) is 6.04 Å². The molecular weight excluding hydrogens is 208 g/mol. The van der Waals surface area contributed by atoms with Gasteiger partial charge in [-0.15, -0.1) is 0 Å². The van der Waals surface area contributed by atoms with Crippen molar-refractivity contribution in [1.29, 1.82) is 5.26 Å². The molecule has 1 aliphatic rings. The van der Waals surface area contributed by atoms with Crippen LogP contribution in [0.4, 0.5) is 5.69 Å². The van der Waals surface area contributed by atoms with E-state index in [1.807, 2.05) is 6.07 Å². The highest BCUT2D eigenvalue weighted by molar-refractivity contribution is 6.33. The van der Waals surface area contributed by atoms with Gasteiger partial charge in [-0.2, -0.15) is 5.26 Å². The zero-order valence-corrected chi connectivity index (χ0v) is 9.22. The minimum absolute atomic E-state index is 0.524. The van der Waals surface area contributed by atoms with Gasteiger partial charge in [0.15, 0.2) is 0 Å². The van der Waals surface area contributed by atoms with Gasteiger partial charge < -0.3 is 5.32 Å². The van der Waals surface area contributed by atoms with E-state index in [1.165, 1.54) is 25.7 Å². The van der Waals surface area contributed by atoms with Crippen molar-refractivity contribution in [1.82, 2.24) is 0 Å². The Kier molecular flexibility index (Phi) is 3.13. The quantitative estimate of drug-likeness (QED) is 0.827. The predicted molar refractivity (Wildman–Crippen MR) is 62.0 cm³/mol. The van der Waals surface area contributed by atoms with Crippen LogP contribution in [0.15, 0.2) is 18.2 Å². The van der Waals surface area contributed by atoms with Crippen molar-refractivity contribution in [3.63, 3.8) is 0 Å². The van der Waals surface area contributed by atoms with E-state index in [1.54, 1.807) is 12.1 Å². The van der Waals surface area contributed by atoms with Crippen molar-refractivity contribution < 1.29 is 0 Å². The Morgan fingerprint density at radius 2 is 2.07 bits per heavy atom. The molecule has 0 aromatic heterocycles. The molecule has 78 valence electrons. The molecule has 0 atom stereocenters. The van der Waals surface area contributed by atoms with Crippen molar-refractivity contribution in [3.05, 3.63) is 28.8 Å². The normalized spacial score (nSPS) is 16.3. The number of halogens is 1. The maximum Gasteiger partial charge on any atom is 0.0992 e. The van der Waals surface area contributed by atoms with Crippen LogP contribution in [0, 0.1) is 11.3 Å². The second kappa shape index (κ2) is 4.55. The number of nitriles is 1. The summed E-state index contributed by atoms with van der Waals surface area (Å²) in [6, 6.07) is 7.98. The number of nitrogens with one attached hydrogen (secondary N) is 1. The van der Waals surface area contributed by atoms with Crippen LogP contribution in [-0.4, -0.2) is 6.04 Å². The van der Waals surface area contributed by atoms with Gasteiger partial charge in [-0.05, 0) is 31.0 Å². The maximum absolute atomic E-state index is 8.79. The minimum Gasteiger partial charge on any atom is -0.381 e. The highest BCUT2D eigenvalue weighted by atomic mass is 35.5. The summed E-state index contributed by atoms with van der Waals surface area (Å²) in [5.74, 6) is 0. The summed E-state index contributed by atoms with van der Waals surface area (Å²) in [7, 11) is 0. The highest BCUT2D eigenvalue weighted by Crippen LogP contribution is 2.27. The summed E-state index contributed by atoms with van der Waals surface area (Å²) >= 11 is 6.06. The zero-order chi connectivity index (χ0) is 10.7. The molecule has 0 bridgehead atoms. The molecule has 0 spiro atoms. The fourth-order valence-electron chi connectivity index (χ4n) is 2.00. The molecule has 0 heterocycles. The average Bonchev–Trinajstić information content (AvgIpc) is 2.74. The van der Waals surface area contributed by atoms with E-state index in [4.69, 9.17) is 16.9 Å². The lowest BCUT2D eigenvalue weighted by Gasteiger charge is -2.14. The molecule has 3 heteroatoms. The molecule has 0 aliphatic heterocycles. The molecule has 1 N–H and O–H groups in total. The van der Waals surface area contributed by atoms with Gasteiger partial charge >= 0.3 is 0 Å². The first-order valence-electron chi connectivity index (χ1n) is 5.26. The van der Waals surface area contributed by atoms with Gasteiger partial charge in [-0.1, -0.05) is 24.4 Å². The second-order valence-electron chi connectivity index (χ2n) is 3.93. The topological polar surface area (TPSA) is 35.8 Å². The predicted octanol–water partition coefficient (Wildman–Crippen LogP) is 3.57. The fraction of sp³-hybridized carbons (Fsp3) is 0.417. The first kappa shape index (κ1) is 10.3. The molecule has 15 heavy (non-hydrogen) atoms. The largest absolute Gasteiger partial charge is 0.381 e. The Bertz CT molecular complexity index is 389. The molecule has 2 nitrogen and oxygen atoms in total. The van der Waals surface area contributed by atoms with E-state index in [-0.39, 0.29) is 0 Å². The molecule has 0 unspecified atom stereocenters. The van der Waals surface area contributed by atoms with E-state index in [9.17, 15) is 0 Å². The van der Waals surface area contributed by atoms with Gasteiger partial charge in [0.1, 0.15) is 0 Å². The standard InChI is InChI=1S/C12H13ClN2/c13-11-6-5-9(8-14)7-12(11)15-10-3-1-2-4-10/h5-7,10,15H,1-4H2. The van der Waals surface area contributed by atoms with Crippen LogP contribution in [0.1, 0.15) is 31.2 Å². The first-order valence-corrected chi connectivity index (χ1v) is 5.63. The Hall–Kier alpha value is -1.20. The molecule has 2 rings (SSSR count). The maximum atomic E-state index is 8.79. The summed E-state index contributed by atoms with van der Waals surface area (Å²) in [5, 5.41) is 12.9. The van der Waals surface area contributed by atoms with Gasteiger partial charge in [-0.3, -0.25) is 0 Å². The Balaban J connectivity index is 2.15. The second-order valence-corrected chi connectivity index (χ2v) is 4.34. The Labute approximate surface area is 94.9 Å². The number of hydrogen-bond donors (Lipinski definition) is 1. The van der Waals surface area contributed by atoms with Crippen molar-refractivity contribution in [2.45, 2.75) is 31.7 Å². The molecule has 0 amide bonds. The SMILES string of the molecule is N#Cc1ccc(Cl)c(NC2CCCC2)c1. The third-order valence-corrected chi connectivity index (χ3v) is 3.14. The smallest absolute Gasteiger partial charge is 0.0992 e. The van der Waals surface area contributed by atoms with E-state index >= 15 is 0 Å². The summed E-state index contributed by atoms with van der Waals surface area (Å²) in [4.78, 5) is 0. The number of nitrogens with zero attached hydrogens (tertiary/aromatic N) is 1. The van der Waals surface area contributed by atoms with Crippen molar-refractivity contribution >= 4 is 17.3 Å². The molecule has 1 aromatic rings. The lowest BCUT2D eigenvalue weighted by molar-refractivity contribution is 0.755. The lowest BCUT2D eigenvalue weighted by Crippen LogP contribution is -2.14. The van der Waals surface area contributed by atoms with Crippen molar-refractivity contribution in [3.8, 4) is 6.07 Å². The molecule has 1 aliphatic carbocycles. The molecule has 1 saturated carbocycles. The van der Waals surface area contributed by atoms with E-state index < -0.39 is 0 Å². The third kappa shape index (κ3) is 2.43. The van der Waals surface area contributed by atoms with Gasteiger partial charge in [0.05, 0.1) is 22.3 Å².